The van der Waals surface area contributed by atoms with Crippen molar-refractivity contribution < 1.29 is 9.53 Å². The Kier molecular flexibility index (Phi) is 5.68. The highest BCUT2D eigenvalue weighted by Gasteiger charge is 2.44. The predicted molar refractivity (Wildman–Crippen MR) is 126 cm³/mol. The lowest BCUT2D eigenvalue weighted by molar-refractivity contribution is 0.0915. The molecule has 2 atom stereocenters. The standard InChI is InChI=1S/C28H28N2O2/c1-21-10-8-9-15-25(21)27-26-19-29(16-22-11-4-2-5-12-22)17-24(26)18-30(27)28(31)32-20-23-13-6-3-7-14-23/h2-15,19,24,27H,16-18,20H2,1H3. The summed E-state index contributed by atoms with van der Waals surface area (Å²) in [6, 6.07) is 28.7. The number of carbonyl (C=O) groups excluding carboxylic acids is 1. The van der Waals surface area contributed by atoms with Crippen LogP contribution in [0.15, 0.2) is 96.7 Å². The van der Waals surface area contributed by atoms with Crippen LogP contribution >= 0.6 is 0 Å². The predicted octanol–water partition coefficient (Wildman–Crippen LogP) is 5.70. The van der Waals surface area contributed by atoms with E-state index in [0.29, 0.717) is 19.1 Å². The molecule has 0 bridgehead atoms. The number of rotatable bonds is 5. The molecule has 0 spiro atoms. The molecule has 2 aliphatic rings. The van der Waals surface area contributed by atoms with Crippen LogP contribution in [-0.2, 0) is 17.9 Å². The third-order valence-corrected chi connectivity index (χ3v) is 6.45. The number of carbonyl (C=O) groups is 1. The summed E-state index contributed by atoms with van der Waals surface area (Å²) < 4.78 is 5.74. The summed E-state index contributed by atoms with van der Waals surface area (Å²) in [5, 5.41) is 0. The number of benzene rings is 3. The van der Waals surface area contributed by atoms with E-state index in [4.69, 9.17) is 4.74 Å². The van der Waals surface area contributed by atoms with Crippen LogP contribution in [0.4, 0.5) is 4.79 Å². The number of amides is 1. The van der Waals surface area contributed by atoms with Gasteiger partial charge in [-0.15, -0.1) is 0 Å². The van der Waals surface area contributed by atoms with Gasteiger partial charge < -0.3 is 9.64 Å². The van der Waals surface area contributed by atoms with Crippen LogP contribution in [0.2, 0.25) is 0 Å². The maximum atomic E-state index is 13.2. The highest BCUT2D eigenvalue weighted by molar-refractivity contribution is 5.70. The van der Waals surface area contributed by atoms with Gasteiger partial charge in [0.05, 0.1) is 6.04 Å². The molecule has 0 N–H and O–H groups in total. The van der Waals surface area contributed by atoms with Crippen molar-refractivity contribution in [2.75, 3.05) is 13.1 Å². The first-order valence-corrected chi connectivity index (χ1v) is 11.2. The molecule has 4 heteroatoms. The van der Waals surface area contributed by atoms with Gasteiger partial charge in [-0.2, -0.15) is 0 Å². The number of fused-ring (bicyclic) bond motifs is 1. The van der Waals surface area contributed by atoms with Crippen LogP contribution in [0.5, 0.6) is 0 Å². The zero-order valence-electron chi connectivity index (χ0n) is 18.4. The SMILES string of the molecule is Cc1ccccc1C1C2=CN(Cc3ccccc3)CC2CN1C(=O)OCc1ccccc1. The third kappa shape index (κ3) is 4.13. The molecule has 3 aromatic carbocycles. The fourth-order valence-corrected chi connectivity index (χ4v) is 4.89. The molecule has 0 radical (unpaired) electrons. The van der Waals surface area contributed by atoms with E-state index in [1.807, 2.05) is 47.4 Å². The van der Waals surface area contributed by atoms with Crippen molar-refractivity contribution in [3.63, 3.8) is 0 Å². The monoisotopic (exact) mass is 424 g/mol. The van der Waals surface area contributed by atoms with Crippen LogP contribution in [0.3, 0.4) is 0 Å². The van der Waals surface area contributed by atoms with Gasteiger partial charge in [0.15, 0.2) is 0 Å². The molecule has 1 amide bonds. The van der Waals surface area contributed by atoms with Crippen LogP contribution in [0.1, 0.15) is 28.3 Å². The molecule has 2 heterocycles. The number of likely N-dealkylation sites (tertiary alicyclic amines) is 1. The van der Waals surface area contributed by atoms with Crippen molar-refractivity contribution in [2.24, 2.45) is 5.92 Å². The Morgan fingerprint density at radius 3 is 2.25 bits per heavy atom. The molecule has 162 valence electrons. The molecule has 3 aromatic rings. The van der Waals surface area contributed by atoms with Crippen molar-refractivity contribution >= 4 is 6.09 Å². The summed E-state index contributed by atoms with van der Waals surface area (Å²) in [5.74, 6) is 0.326. The maximum absolute atomic E-state index is 13.2. The number of aryl methyl sites for hydroxylation is 1. The smallest absolute Gasteiger partial charge is 0.410 e. The van der Waals surface area contributed by atoms with Gasteiger partial charge in [0.1, 0.15) is 6.61 Å². The molecule has 32 heavy (non-hydrogen) atoms. The molecular formula is C28H28N2O2. The number of hydrogen-bond donors (Lipinski definition) is 0. The van der Waals surface area contributed by atoms with Crippen molar-refractivity contribution in [2.45, 2.75) is 26.1 Å². The second-order valence-electron chi connectivity index (χ2n) is 8.69. The Hall–Kier alpha value is -3.53. The van der Waals surface area contributed by atoms with E-state index < -0.39 is 0 Å². The van der Waals surface area contributed by atoms with Crippen LogP contribution < -0.4 is 0 Å². The average molecular weight is 425 g/mol. The van der Waals surface area contributed by atoms with Gasteiger partial charge in [0.25, 0.3) is 0 Å². The lowest BCUT2D eigenvalue weighted by atomic mass is 9.93. The van der Waals surface area contributed by atoms with Crippen molar-refractivity contribution in [3.8, 4) is 0 Å². The summed E-state index contributed by atoms with van der Waals surface area (Å²) in [5.41, 5.74) is 5.99. The highest BCUT2D eigenvalue weighted by atomic mass is 16.6. The topological polar surface area (TPSA) is 32.8 Å². The molecular weight excluding hydrogens is 396 g/mol. The summed E-state index contributed by atoms with van der Waals surface area (Å²) in [4.78, 5) is 17.5. The summed E-state index contributed by atoms with van der Waals surface area (Å²) in [7, 11) is 0. The second kappa shape index (κ2) is 8.91. The molecule has 0 saturated carbocycles. The van der Waals surface area contributed by atoms with Gasteiger partial charge in [0, 0.05) is 31.8 Å². The Labute approximate surface area is 189 Å². The number of ether oxygens (including phenoxy) is 1. The average Bonchev–Trinajstić information content (AvgIpc) is 3.37. The van der Waals surface area contributed by atoms with Crippen molar-refractivity contribution in [1.29, 1.82) is 0 Å². The van der Waals surface area contributed by atoms with Crippen LogP contribution in [0, 0.1) is 12.8 Å². The van der Waals surface area contributed by atoms with Gasteiger partial charge >= 0.3 is 6.09 Å². The normalized spacial score (nSPS) is 19.6. The van der Waals surface area contributed by atoms with Gasteiger partial charge in [0.2, 0.25) is 0 Å². The van der Waals surface area contributed by atoms with E-state index in [0.717, 1.165) is 18.7 Å². The van der Waals surface area contributed by atoms with E-state index in [1.165, 1.54) is 22.3 Å². The number of hydrogen-bond acceptors (Lipinski definition) is 3. The first-order chi connectivity index (χ1) is 15.7. The zero-order valence-corrected chi connectivity index (χ0v) is 18.4. The van der Waals surface area contributed by atoms with E-state index in [1.54, 1.807) is 0 Å². The molecule has 1 saturated heterocycles. The van der Waals surface area contributed by atoms with Crippen molar-refractivity contribution in [3.05, 3.63) is 119 Å². The third-order valence-electron chi connectivity index (χ3n) is 6.45. The molecule has 2 aliphatic heterocycles. The van der Waals surface area contributed by atoms with E-state index >= 15 is 0 Å². The summed E-state index contributed by atoms with van der Waals surface area (Å²) >= 11 is 0. The molecule has 2 unspecified atom stereocenters. The zero-order chi connectivity index (χ0) is 21.9. The Bertz CT molecular complexity index is 1110. The molecule has 1 fully saturated rings. The van der Waals surface area contributed by atoms with E-state index in [9.17, 15) is 4.79 Å². The van der Waals surface area contributed by atoms with E-state index in [2.05, 4.69) is 60.5 Å². The number of nitrogens with zero attached hydrogens (tertiary/aromatic N) is 2. The lowest BCUT2D eigenvalue weighted by Crippen LogP contribution is -2.34. The first kappa shape index (κ1) is 20.4. The maximum Gasteiger partial charge on any atom is 0.410 e. The highest BCUT2D eigenvalue weighted by Crippen LogP contribution is 2.45. The second-order valence-corrected chi connectivity index (χ2v) is 8.69. The van der Waals surface area contributed by atoms with Gasteiger partial charge in [-0.3, -0.25) is 4.90 Å². The Morgan fingerprint density at radius 1 is 0.875 bits per heavy atom. The first-order valence-electron chi connectivity index (χ1n) is 11.2. The minimum Gasteiger partial charge on any atom is -0.445 e. The molecule has 0 aromatic heterocycles. The van der Waals surface area contributed by atoms with Gasteiger partial charge in [-0.1, -0.05) is 84.9 Å². The fourth-order valence-electron chi connectivity index (χ4n) is 4.89. The van der Waals surface area contributed by atoms with Gasteiger partial charge in [-0.25, -0.2) is 4.79 Å². The quantitative estimate of drug-likeness (QED) is 0.526. The van der Waals surface area contributed by atoms with Crippen LogP contribution in [-0.4, -0.2) is 29.0 Å². The van der Waals surface area contributed by atoms with Crippen molar-refractivity contribution in [1.82, 2.24) is 9.80 Å². The minimum atomic E-state index is -0.244. The Morgan fingerprint density at radius 2 is 1.53 bits per heavy atom. The molecule has 0 aliphatic carbocycles. The Balaban J connectivity index is 1.39. The van der Waals surface area contributed by atoms with Gasteiger partial charge in [-0.05, 0) is 34.8 Å². The lowest BCUT2D eigenvalue weighted by Gasteiger charge is -2.27. The summed E-state index contributed by atoms with van der Waals surface area (Å²) in [6.45, 7) is 4.91. The fraction of sp³-hybridized carbons (Fsp3) is 0.250. The largest absolute Gasteiger partial charge is 0.445 e. The molecule has 4 nitrogen and oxygen atoms in total. The van der Waals surface area contributed by atoms with Crippen LogP contribution in [0.25, 0.3) is 0 Å². The van der Waals surface area contributed by atoms with E-state index in [-0.39, 0.29) is 12.1 Å². The summed E-state index contributed by atoms with van der Waals surface area (Å²) in [6.07, 6.45) is 2.03. The molecule has 5 rings (SSSR count). The minimum absolute atomic E-state index is 0.0785.